The molecule has 1 rings (SSSR count). The molecular formula is C11H10F3NO2. The molecule has 0 aliphatic heterocycles. The Morgan fingerprint density at radius 2 is 1.82 bits per heavy atom. The molecule has 0 radical (unpaired) electrons. The van der Waals surface area contributed by atoms with E-state index in [1.165, 1.54) is 31.2 Å². The van der Waals surface area contributed by atoms with Gasteiger partial charge in [-0.2, -0.15) is 13.2 Å². The van der Waals surface area contributed by atoms with E-state index in [-0.39, 0.29) is 17.0 Å². The molecule has 0 aromatic heterocycles. The Morgan fingerprint density at radius 3 is 2.29 bits per heavy atom. The van der Waals surface area contributed by atoms with Crippen LogP contribution in [0.3, 0.4) is 0 Å². The Hall–Kier alpha value is -1.85. The molecule has 0 aliphatic carbocycles. The number of halogens is 3. The molecule has 0 saturated heterocycles. The normalized spacial score (nSPS) is 11.1. The average Bonchev–Trinajstić information content (AvgIpc) is 2.26. The molecule has 92 valence electrons. The predicted molar refractivity (Wildman–Crippen MR) is 55.9 cm³/mol. The summed E-state index contributed by atoms with van der Waals surface area (Å²) in [4.78, 5) is 22.5. The number of benzene rings is 1. The summed E-state index contributed by atoms with van der Waals surface area (Å²) in [7, 11) is 1.01. The van der Waals surface area contributed by atoms with E-state index in [2.05, 4.69) is 0 Å². The summed E-state index contributed by atoms with van der Waals surface area (Å²) in [5, 5.41) is 0. The minimum Gasteiger partial charge on any atom is -0.308 e. The van der Waals surface area contributed by atoms with Crippen LogP contribution in [0.5, 0.6) is 0 Å². The van der Waals surface area contributed by atoms with Crippen molar-refractivity contribution < 1.29 is 22.8 Å². The first-order valence-corrected chi connectivity index (χ1v) is 4.69. The maximum absolute atomic E-state index is 12.2. The Morgan fingerprint density at radius 1 is 1.24 bits per heavy atom. The monoisotopic (exact) mass is 245 g/mol. The molecule has 0 aliphatic rings. The standard InChI is InChI=1S/C11H10F3NO2/c1-7(16)8-4-3-5-9(6-8)15(2)10(17)11(12,13)14/h3-6H,1-2H3. The van der Waals surface area contributed by atoms with Gasteiger partial charge >= 0.3 is 12.1 Å². The summed E-state index contributed by atoms with van der Waals surface area (Å²) >= 11 is 0. The van der Waals surface area contributed by atoms with Gasteiger partial charge in [0.2, 0.25) is 0 Å². The van der Waals surface area contributed by atoms with E-state index >= 15 is 0 Å². The van der Waals surface area contributed by atoms with Crippen molar-refractivity contribution in [2.45, 2.75) is 13.1 Å². The molecule has 0 heterocycles. The zero-order valence-electron chi connectivity index (χ0n) is 9.21. The van der Waals surface area contributed by atoms with Crippen molar-refractivity contribution in [1.82, 2.24) is 0 Å². The highest BCUT2D eigenvalue weighted by Gasteiger charge is 2.41. The SMILES string of the molecule is CC(=O)c1cccc(N(C)C(=O)C(F)(F)F)c1. The maximum Gasteiger partial charge on any atom is 0.471 e. The number of alkyl halides is 3. The minimum atomic E-state index is -4.93. The fourth-order valence-electron chi connectivity index (χ4n) is 1.24. The quantitative estimate of drug-likeness (QED) is 0.750. The summed E-state index contributed by atoms with van der Waals surface area (Å²) in [5.74, 6) is -2.25. The zero-order valence-corrected chi connectivity index (χ0v) is 9.21. The van der Waals surface area contributed by atoms with Crippen molar-refractivity contribution in [3.8, 4) is 0 Å². The third kappa shape index (κ3) is 3.05. The lowest BCUT2D eigenvalue weighted by Crippen LogP contribution is -2.38. The molecule has 0 fully saturated rings. The number of Topliss-reactive ketones (excluding diaryl/α,β-unsaturated/α-hetero) is 1. The Balaban J connectivity index is 3.05. The second kappa shape index (κ2) is 4.57. The van der Waals surface area contributed by atoms with Crippen molar-refractivity contribution in [3.05, 3.63) is 29.8 Å². The topological polar surface area (TPSA) is 37.4 Å². The molecule has 0 unspecified atom stereocenters. The molecule has 0 N–H and O–H groups in total. The number of nitrogens with zero attached hydrogens (tertiary/aromatic N) is 1. The lowest BCUT2D eigenvalue weighted by atomic mass is 10.1. The molecule has 17 heavy (non-hydrogen) atoms. The van der Waals surface area contributed by atoms with Crippen LogP contribution in [0.25, 0.3) is 0 Å². The van der Waals surface area contributed by atoms with Gasteiger partial charge in [0.05, 0.1) is 0 Å². The van der Waals surface area contributed by atoms with Crippen LogP contribution in [0.2, 0.25) is 0 Å². The molecule has 1 aromatic carbocycles. The molecule has 1 aromatic rings. The Kier molecular flexibility index (Phi) is 3.55. The summed E-state index contributed by atoms with van der Waals surface area (Å²) in [5.41, 5.74) is 0.282. The highest BCUT2D eigenvalue weighted by Crippen LogP contribution is 2.23. The van der Waals surface area contributed by atoms with Crippen molar-refractivity contribution in [2.24, 2.45) is 0 Å². The maximum atomic E-state index is 12.2. The first-order valence-electron chi connectivity index (χ1n) is 4.69. The summed E-state index contributed by atoms with van der Waals surface area (Å²) in [6, 6.07) is 5.46. The first kappa shape index (κ1) is 13.2. The number of amides is 1. The van der Waals surface area contributed by atoms with Gasteiger partial charge in [0.25, 0.3) is 0 Å². The van der Waals surface area contributed by atoms with Crippen LogP contribution in [0.4, 0.5) is 18.9 Å². The van der Waals surface area contributed by atoms with E-state index in [4.69, 9.17) is 0 Å². The lowest BCUT2D eigenvalue weighted by molar-refractivity contribution is -0.170. The van der Waals surface area contributed by atoms with Crippen LogP contribution < -0.4 is 4.90 Å². The zero-order chi connectivity index (χ0) is 13.2. The molecule has 6 heteroatoms. The number of hydrogen-bond donors (Lipinski definition) is 0. The highest BCUT2D eigenvalue weighted by atomic mass is 19.4. The number of carbonyl (C=O) groups excluding carboxylic acids is 2. The molecular weight excluding hydrogens is 235 g/mol. The second-order valence-corrected chi connectivity index (χ2v) is 3.47. The van der Waals surface area contributed by atoms with E-state index in [1.807, 2.05) is 0 Å². The fraction of sp³-hybridized carbons (Fsp3) is 0.273. The third-order valence-electron chi connectivity index (χ3n) is 2.19. The lowest BCUT2D eigenvalue weighted by Gasteiger charge is -2.19. The largest absolute Gasteiger partial charge is 0.471 e. The van der Waals surface area contributed by atoms with Crippen molar-refractivity contribution >= 4 is 17.4 Å². The Labute approximate surface area is 95.8 Å². The van der Waals surface area contributed by atoms with Gasteiger partial charge in [-0.1, -0.05) is 12.1 Å². The first-order chi connectivity index (χ1) is 7.73. The average molecular weight is 245 g/mol. The second-order valence-electron chi connectivity index (χ2n) is 3.47. The number of rotatable bonds is 2. The van der Waals surface area contributed by atoms with E-state index < -0.39 is 12.1 Å². The number of ketones is 1. The van der Waals surface area contributed by atoms with Gasteiger partial charge in [0.1, 0.15) is 0 Å². The predicted octanol–water partition coefficient (Wildman–Crippen LogP) is 2.41. The van der Waals surface area contributed by atoms with Crippen molar-refractivity contribution in [3.63, 3.8) is 0 Å². The van der Waals surface area contributed by atoms with Gasteiger partial charge in [-0.25, -0.2) is 0 Å². The van der Waals surface area contributed by atoms with Gasteiger partial charge in [-0.05, 0) is 19.1 Å². The number of carbonyl (C=O) groups is 2. The van der Waals surface area contributed by atoms with Gasteiger partial charge in [0.15, 0.2) is 5.78 Å². The van der Waals surface area contributed by atoms with E-state index in [1.54, 1.807) is 0 Å². The van der Waals surface area contributed by atoms with E-state index in [0.29, 0.717) is 4.90 Å². The van der Waals surface area contributed by atoms with Crippen LogP contribution in [0, 0.1) is 0 Å². The van der Waals surface area contributed by atoms with Crippen molar-refractivity contribution in [1.29, 1.82) is 0 Å². The third-order valence-corrected chi connectivity index (χ3v) is 2.19. The molecule has 0 spiro atoms. The molecule has 0 atom stereocenters. The van der Waals surface area contributed by atoms with E-state index in [0.717, 1.165) is 7.05 Å². The molecule has 0 bridgehead atoms. The molecule has 3 nitrogen and oxygen atoms in total. The van der Waals surface area contributed by atoms with Crippen LogP contribution in [0.1, 0.15) is 17.3 Å². The minimum absolute atomic E-state index is 0.0278. The summed E-state index contributed by atoms with van der Waals surface area (Å²) < 4.78 is 36.6. The van der Waals surface area contributed by atoms with Crippen LogP contribution in [0.15, 0.2) is 24.3 Å². The van der Waals surface area contributed by atoms with Gasteiger partial charge in [0, 0.05) is 18.3 Å². The smallest absolute Gasteiger partial charge is 0.308 e. The molecule has 0 saturated carbocycles. The van der Waals surface area contributed by atoms with E-state index in [9.17, 15) is 22.8 Å². The van der Waals surface area contributed by atoms with Crippen LogP contribution in [-0.4, -0.2) is 24.9 Å². The number of anilines is 1. The number of hydrogen-bond acceptors (Lipinski definition) is 2. The van der Waals surface area contributed by atoms with Crippen LogP contribution >= 0.6 is 0 Å². The van der Waals surface area contributed by atoms with Crippen LogP contribution in [-0.2, 0) is 4.79 Å². The fourth-order valence-corrected chi connectivity index (χ4v) is 1.24. The molecule has 1 amide bonds. The van der Waals surface area contributed by atoms with Crippen molar-refractivity contribution in [2.75, 3.05) is 11.9 Å². The summed E-state index contributed by atoms with van der Waals surface area (Å²) in [6.07, 6.45) is -4.93. The van der Waals surface area contributed by atoms with Gasteiger partial charge < -0.3 is 4.90 Å². The Bertz CT molecular complexity index is 454. The summed E-state index contributed by atoms with van der Waals surface area (Å²) in [6.45, 7) is 1.30. The van der Waals surface area contributed by atoms with Gasteiger partial charge in [-0.15, -0.1) is 0 Å². The van der Waals surface area contributed by atoms with Gasteiger partial charge in [-0.3, -0.25) is 9.59 Å². The highest BCUT2D eigenvalue weighted by molar-refractivity contribution is 5.99.